The van der Waals surface area contributed by atoms with Gasteiger partial charge in [0.15, 0.2) is 0 Å². The van der Waals surface area contributed by atoms with Crippen molar-refractivity contribution in [1.82, 2.24) is 15.2 Å². The first-order valence-electron chi connectivity index (χ1n) is 8.08. The smallest absolute Gasteiger partial charge is 0.287 e. The molecule has 0 aliphatic carbocycles. The van der Waals surface area contributed by atoms with E-state index in [-0.39, 0.29) is 5.69 Å². The van der Waals surface area contributed by atoms with Crippen molar-refractivity contribution >= 4 is 22.5 Å². The molecule has 1 aromatic carbocycles. The maximum Gasteiger partial charge on any atom is 0.287 e. The second-order valence-corrected chi connectivity index (χ2v) is 5.90. The summed E-state index contributed by atoms with van der Waals surface area (Å²) in [5, 5.41) is 10.5. The summed E-state index contributed by atoms with van der Waals surface area (Å²) in [5.74, 6) is -3.28. The van der Waals surface area contributed by atoms with Gasteiger partial charge < -0.3 is 10.1 Å². The van der Waals surface area contributed by atoms with Crippen LogP contribution in [0.15, 0.2) is 30.3 Å². The number of halogens is 2. The van der Waals surface area contributed by atoms with Crippen LogP contribution in [0.25, 0.3) is 10.9 Å². The molecule has 0 unspecified atom stereocenters. The lowest BCUT2D eigenvalue weighted by atomic mass is 10.1. The molecule has 8 heteroatoms. The molecule has 0 spiro atoms. The van der Waals surface area contributed by atoms with Gasteiger partial charge in [-0.1, -0.05) is 6.07 Å². The van der Waals surface area contributed by atoms with E-state index in [1.165, 1.54) is 18.2 Å². The van der Waals surface area contributed by atoms with E-state index in [0.717, 1.165) is 18.0 Å². The normalized spacial score (nSPS) is 11.6. The lowest BCUT2D eigenvalue weighted by Gasteiger charge is -2.13. The van der Waals surface area contributed by atoms with Gasteiger partial charge >= 0.3 is 0 Å². The molecule has 6 nitrogen and oxygen atoms in total. The fourth-order valence-electron chi connectivity index (χ4n) is 2.53. The van der Waals surface area contributed by atoms with Gasteiger partial charge in [-0.3, -0.25) is 9.89 Å². The predicted octanol–water partition coefficient (Wildman–Crippen LogP) is 4.03. The van der Waals surface area contributed by atoms with Gasteiger partial charge in [-0.2, -0.15) is 13.9 Å². The van der Waals surface area contributed by atoms with Gasteiger partial charge in [-0.15, -0.1) is 0 Å². The average Bonchev–Trinajstić information content (AvgIpc) is 2.95. The average molecular weight is 360 g/mol. The Bertz CT molecular complexity index is 963. The van der Waals surface area contributed by atoms with Crippen LogP contribution >= 0.6 is 0 Å². The number of carbonyl (C=O) groups is 1. The van der Waals surface area contributed by atoms with Crippen LogP contribution in [0.5, 0.6) is 5.75 Å². The van der Waals surface area contributed by atoms with Gasteiger partial charge in [0, 0.05) is 24.1 Å². The number of nitrogens with zero attached hydrogens (tertiary/aromatic N) is 2. The van der Waals surface area contributed by atoms with Gasteiger partial charge in [-0.05, 0) is 32.0 Å². The topological polar surface area (TPSA) is 79.9 Å². The molecule has 3 rings (SSSR count). The highest BCUT2D eigenvalue weighted by Gasteiger charge is 2.27. The highest BCUT2D eigenvalue weighted by atomic mass is 19.3. The van der Waals surface area contributed by atoms with Crippen LogP contribution in [0.4, 0.5) is 14.5 Å². The number of aryl methyl sites for hydroxylation is 1. The maximum atomic E-state index is 13.4. The molecule has 3 aromatic rings. The number of anilines is 1. The van der Waals surface area contributed by atoms with Crippen LogP contribution in [-0.2, 0) is 5.92 Å². The number of hydrogen-bond acceptors (Lipinski definition) is 4. The molecule has 0 aliphatic rings. The second-order valence-electron chi connectivity index (χ2n) is 5.90. The number of alkyl halides is 2. The SMILES string of the molecule is CCOc1cc2n[nH]c(C)c2cc1NC(=O)c1cccc(C(C)(F)F)n1. The first-order chi connectivity index (χ1) is 12.3. The number of aromatic nitrogens is 3. The Morgan fingerprint density at radius 2 is 2.12 bits per heavy atom. The first-order valence-corrected chi connectivity index (χ1v) is 8.08. The number of carbonyl (C=O) groups excluding carboxylic acids is 1. The minimum absolute atomic E-state index is 0.101. The highest BCUT2D eigenvalue weighted by Crippen LogP contribution is 2.31. The van der Waals surface area contributed by atoms with Crippen molar-refractivity contribution in [1.29, 1.82) is 0 Å². The van der Waals surface area contributed by atoms with E-state index in [1.54, 1.807) is 12.1 Å². The zero-order valence-corrected chi connectivity index (χ0v) is 14.6. The molecule has 0 radical (unpaired) electrons. The largest absolute Gasteiger partial charge is 0.492 e. The number of benzene rings is 1. The zero-order valence-electron chi connectivity index (χ0n) is 14.6. The van der Waals surface area contributed by atoms with Crippen molar-refractivity contribution < 1.29 is 18.3 Å². The number of hydrogen-bond donors (Lipinski definition) is 2. The molecule has 26 heavy (non-hydrogen) atoms. The molecule has 0 saturated heterocycles. The van der Waals surface area contributed by atoms with E-state index < -0.39 is 17.5 Å². The Morgan fingerprint density at radius 1 is 1.35 bits per heavy atom. The van der Waals surface area contributed by atoms with E-state index >= 15 is 0 Å². The molecule has 2 heterocycles. The Balaban J connectivity index is 1.96. The van der Waals surface area contributed by atoms with E-state index in [4.69, 9.17) is 4.74 Å². The Labute approximate surface area is 148 Å². The quantitative estimate of drug-likeness (QED) is 0.720. The van der Waals surface area contributed by atoms with E-state index in [2.05, 4.69) is 20.5 Å². The molecule has 1 amide bonds. The third-order valence-corrected chi connectivity index (χ3v) is 3.83. The molecule has 136 valence electrons. The first kappa shape index (κ1) is 17.8. The third kappa shape index (κ3) is 3.49. The van der Waals surface area contributed by atoms with Gasteiger partial charge in [0.1, 0.15) is 17.1 Å². The van der Waals surface area contributed by atoms with Crippen molar-refractivity contribution in [3.63, 3.8) is 0 Å². The summed E-state index contributed by atoms with van der Waals surface area (Å²) in [4.78, 5) is 16.3. The van der Waals surface area contributed by atoms with Gasteiger partial charge in [0.25, 0.3) is 11.8 Å². The van der Waals surface area contributed by atoms with Crippen LogP contribution in [0.2, 0.25) is 0 Å². The number of ether oxygens (including phenoxy) is 1. The summed E-state index contributed by atoms with van der Waals surface area (Å²) < 4.78 is 32.5. The summed E-state index contributed by atoms with van der Waals surface area (Å²) in [6.07, 6.45) is 0. The van der Waals surface area contributed by atoms with E-state index in [0.29, 0.717) is 23.6 Å². The van der Waals surface area contributed by atoms with Crippen molar-refractivity contribution in [2.75, 3.05) is 11.9 Å². The second kappa shape index (κ2) is 6.70. The number of H-pyrrole nitrogens is 1. The van der Waals surface area contributed by atoms with Crippen LogP contribution in [0.1, 0.15) is 35.7 Å². The maximum absolute atomic E-state index is 13.4. The minimum Gasteiger partial charge on any atom is -0.492 e. The molecule has 0 aliphatic heterocycles. The van der Waals surface area contributed by atoms with Crippen molar-refractivity contribution in [2.45, 2.75) is 26.7 Å². The molecule has 0 saturated carbocycles. The highest BCUT2D eigenvalue weighted by molar-refractivity contribution is 6.05. The fourth-order valence-corrected chi connectivity index (χ4v) is 2.53. The number of fused-ring (bicyclic) bond motifs is 1. The van der Waals surface area contributed by atoms with Crippen LogP contribution < -0.4 is 10.1 Å². The molecule has 0 bridgehead atoms. The van der Waals surface area contributed by atoms with E-state index in [9.17, 15) is 13.6 Å². The molecule has 2 aromatic heterocycles. The number of aromatic amines is 1. The van der Waals surface area contributed by atoms with E-state index in [1.807, 2.05) is 13.8 Å². The van der Waals surface area contributed by atoms with Gasteiger partial charge in [0.05, 0.1) is 17.8 Å². The summed E-state index contributed by atoms with van der Waals surface area (Å²) in [7, 11) is 0. The number of nitrogens with one attached hydrogen (secondary N) is 2. The van der Waals surface area contributed by atoms with Crippen molar-refractivity contribution in [2.24, 2.45) is 0 Å². The molecular formula is C18H18F2N4O2. The van der Waals surface area contributed by atoms with Gasteiger partial charge in [0.2, 0.25) is 0 Å². The summed E-state index contributed by atoms with van der Waals surface area (Å²) in [6, 6.07) is 7.38. The molecule has 2 N–H and O–H groups in total. The van der Waals surface area contributed by atoms with Gasteiger partial charge in [-0.25, -0.2) is 4.98 Å². The van der Waals surface area contributed by atoms with Crippen LogP contribution in [0.3, 0.4) is 0 Å². The summed E-state index contributed by atoms with van der Waals surface area (Å²) in [6.45, 7) is 4.81. The Hall–Kier alpha value is -3.03. The molecule has 0 atom stereocenters. The monoisotopic (exact) mass is 360 g/mol. The lowest BCUT2D eigenvalue weighted by molar-refractivity contribution is 0.0126. The molecule has 0 fully saturated rings. The van der Waals surface area contributed by atoms with Crippen molar-refractivity contribution in [3.05, 3.63) is 47.4 Å². The molecular weight excluding hydrogens is 342 g/mol. The third-order valence-electron chi connectivity index (χ3n) is 3.83. The standard InChI is InChI=1S/C18H18F2N4O2/c1-4-26-15-9-13-11(10(2)23-24-13)8-14(15)22-17(25)12-6-5-7-16(21-12)18(3,19)20/h5-9H,4H2,1-3H3,(H,22,25)(H,23,24). The summed E-state index contributed by atoms with van der Waals surface area (Å²) >= 11 is 0. The predicted molar refractivity (Wildman–Crippen MR) is 93.8 cm³/mol. The number of rotatable bonds is 5. The Morgan fingerprint density at radius 3 is 2.81 bits per heavy atom. The number of amides is 1. The summed E-state index contributed by atoms with van der Waals surface area (Å²) in [5.41, 5.74) is 1.40. The van der Waals surface area contributed by atoms with Crippen LogP contribution in [-0.4, -0.2) is 27.7 Å². The van der Waals surface area contributed by atoms with Crippen molar-refractivity contribution in [3.8, 4) is 5.75 Å². The number of pyridine rings is 1. The minimum atomic E-state index is -3.13. The Kier molecular flexibility index (Phi) is 4.58. The zero-order chi connectivity index (χ0) is 18.9. The van der Waals surface area contributed by atoms with Crippen LogP contribution in [0, 0.1) is 6.92 Å². The lowest BCUT2D eigenvalue weighted by Crippen LogP contribution is -2.18. The fraction of sp³-hybridized carbons (Fsp3) is 0.278.